The Labute approximate surface area is 157 Å². The highest BCUT2D eigenvalue weighted by atomic mass is 16.5. The van der Waals surface area contributed by atoms with Crippen molar-refractivity contribution < 1.29 is 24.5 Å². The first kappa shape index (κ1) is 18.5. The Morgan fingerprint density at radius 1 is 1.04 bits per heavy atom. The van der Waals surface area contributed by atoms with E-state index in [2.05, 4.69) is 0 Å². The molecule has 0 bridgehead atoms. The zero-order chi connectivity index (χ0) is 19.7. The first-order valence-electron chi connectivity index (χ1n) is 8.59. The molecular formula is C21H21NO5. The quantitative estimate of drug-likeness (QED) is 0.844. The number of benzene rings is 2. The van der Waals surface area contributed by atoms with Gasteiger partial charge in [0.05, 0.1) is 18.7 Å². The van der Waals surface area contributed by atoms with E-state index in [1.54, 1.807) is 57.4 Å². The number of carbonyl (C=O) groups excluding carboxylic acids is 2. The first-order chi connectivity index (χ1) is 12.8. The predicted molar refractivity (Wildman–Crippen MR) is 101 cm³/mol. The van der Waals surface area contributed by atoms with Crippen LogP contribution >= 0.6 is 0 Å². The Kier molecular flexibility index (Phi) is 4.90. The molecule has 0 fully saturated rings. The third-order valence-electron chi connectivity index (χ3n) is 4.56. The number of carbonyl (C=O) groups is 2. The fourth-order valence-electron chi connectivity index (χ4n) is 3.15. The van der Waals surface area contributed by atoms with Crippen molar-refractivity contribution in [1.29, 1.82) is 0 Å². The SMILES string of the molecule is COc1ccc(N2C(=O)C(O)=C(C(=O)C(C)C)C2c2ccc(O)cc2)cc1. The number of hydrogen-bond donors (Lipinski definition) is 2. The van der Waals surface area contributed by atoms with Gasteiger partial charge in [-0.25, -0.2) is 0 Å². The van der Waals surface area contributed by atoms with E-state index >= 15 is 0 Å². The smallest absolute Gasteiger partial charge is 0.294 e. The molecule has 2 aromatic carbocycles. The molecule has 6 nitrogen and oxygen atoms in total. The second kappa shape index (κ2) is 7.15. The zero-order valence-corrected chi connectivity index (χ0v) is 15.3. The summed E-state index contributed by atoms with van der Waals surface area (Å²) in [5.41, 5.74) is 1.21. The van der Waals surface area contributed by atoms with Crippen LogP contribution in [-0.4, -0.2) is 29.0 Å². The van der Waals surface area contributed by atoms with Crippen LogP contribution in [0.1, 0.15) is 25.5 Å². The summed E-state index contributed by atoms with van der Waals surface area (Å²) in [6, 6.07) is 12.3. The summed E-state index contributed by atoms with van der Waals surface area (Å²) >= 11 is 0. The molecule has 140 valence electrons. The summed E-state index contributed by atoms with van der Waals surface area (Å²) in [6.07, 6.45) is 0. The van der Waals surface area contributed by atoms with E-state index in [0.29, 0.717) is 17.0 Å². The number of aliphatic hydroxyl groups is 1. The van der Waals surface area contributed by atoms with Crippen molar-refractivity contribution in [2.24, 2.45) is 5.92 Å². The Morgan fingerprint density at radius 3 is 2.15 bits per heavy atom. The van der Waals surface area contributed by atoms with E-state index in [0.717, 1.165) is 0 Å². The lowest BCUT2D eigenvalue weighted by Gasteiger charge is -2.27. The summed E-state index contributed by atoms with van der Waals surface area (Å²) in [5, 5.41) is 20.1. The molecule has 1 atom stereocenters. The summed E-state index contributed by atoms with van der Waals surface area (Å²) in [4.78, 5) is 27.0. The zero-order valence-electron chi connectivity index (χ0n) is 15.3. The summed E-state index contributed by atoms with van der Waals surface area (Å²) < 4.78 is 5.15. The third-order valence-corrected chi connectivity index (χ3v) is 4.56. The van der Waals surface area contributed by atoms with E-state index in [1.165, 1.54) is 17.0 Å². The molecule has 0 aliphatic carbocycles. The van der Waals surface area contributed by atoms with Gasteiger partial charge in [-0.15, -0.1) is 0 Å². The van der Waals surface area contributed by atoms with Gasteiger partial charge in [-0.2, -0.15) is 0 Å². The largest absolute Gasteiger partial charge is 0.508 e. The first-order valence-corrected chi connectivity index (χ1v) is 8.59. The molecule has 1 aliphatic heterocycles. The molecule has 0 saturated heterocycles. The van der Waals surface area contributed by atoms with Crippen molar-refractivity contribution >= 4 is 17.4 Å². The van der Waals surface area contributed by atoms with E-state index in [1.807, 2.05) is 0 Å². The lowest BCUT2D eigenvalue weighted by molar-refractivity contribution is -0.119. The van der Waals surface area contributed by atoms with Crippen LogP contribution in [0, 0.1) is 5.92 Å². The lowest BCUT2D eigenvalue weighted by Crippen LogP contribution is -2.31. The van der Waals surface area contributed by atoms with Gasteiger partial charge in [-0.3, -0.25) is 14.5 Å². The number of aromatic hydroxyl groups is 1. The number of Topliss-reactive ketones (excluding diaryl/α,β-unsaturated/α-hetero) is 1. The Hall–Kier alpha value is -3.28. The van der Waals surface area contributed by atoms with Crippen LogP contribution in [0.2, 0.25) is 0 Å². The lowest BCUT2D eigenvalue weighted by atomic mass is 9.91. The molecule has 27 heavy (non-hydrogen) atoms. The van der Waals surface area contributed by atoms with Gasteiger partial charge in [-0.1, -0.05) is 26.0 Å². The van der Waals surface area contributed by atoms with Crippen LogP contribution in [0.5, 0.6) is 11.5 Å². The van der Waals surface area contributed by atoms with Gasteiger partial charge in [0, 0.05) is 11.6 Å². The number of ether oxygens (including phenoxy) is 1. The Bertz CT molecular complexity index is 897. The van der Waals surface area contributed by atoms with E-state index in [9.17, 15) is 19.8 Å². The van der Waals surface area contributed by atoms with Crippen LogP contribution in [-0.2, 0) is 9.59 Å². The van der Waals surface area contributed by atoms with Crippen molar-refractivity contribution in [3.8, 4) is 11.5 Å². The van der Waals surface area contributed by atoms with Crippen molar-refractivity contribution in [3.63, 3.8) is 0 Å². The number of nitrogens with zero attached hydrogens (tertiary/aromatic N) is 1. The van der Waals surface area contributed by atoms with Crippen molar-refractivity contribution in [2.75, 3.05) is 12.0 Å². The van der Waals surface area contributed by atoms with E-state index < -0.39 is 17.7 Å². The number of phenolic OH excluding ortho intramolecular Hbond substituents is 1. The maximum absolute atomic E-state index is 12.8. The topological polar surface area (TPSA) is 87.1 Å². The van der Waals surface area contributed by atoms with Crippen molar-refractivity contribution in [2.45, 2.75) is 19.9 Å². The van der Waals surface area contributed by atoms with E-state index in [4.69, 9.17) is 4.74 Å². The van der Waals surface area contributed by atoms with Gasteiger partial charge in [0.1, 0.15) is 11.5 Å². The van der Waals surface area contributed by atoms with Crippen LogP contribution < -0.4 is 9.64 Å². The summed E-state index contributed by atoms with van der Waals surface area (Å²) in [6.45, 7) is 3.44. The highest BCUT2D eigenvalue weighted by molar-refractivity contribution is 6.16. The predicted octanol–water partition coefficient (Wildman–Crippen LogP) is 3.53. The maximum atomic E-state index is 12.8. The molecular weight excluding hydrogens is 346 g/mol. The summed E-state index contributed by atoms with van der Waals surface area (Å²) in [5.74, 6) is -1.16. The average Bonchev–Trinajstić information content (AvgIpc) is 2.93. The van der Waals surface area contributed by atoms with Crippen LogP contribution in [0.3, 0.4) is 0 Å². The molecule has 1 heterocycles. The number of anilines is 1. The highest BCUT2D eigenvalue weighted by Gasteiger charge is 2.44. The van der Waals surface area contributed by atoms with Gasteiger partial charge in [0.2, 0.25) is 0 Å². The molecule has 1 amide bonds. The fourth-order valence-corrected chi connectivity index (χ4v) is 3.15. The van der Waals surface area contributed by atoms with Crippen molar-refractivity contribution in [3.05, 3.63) is 65.4 Å². The van der Waals surface area contributed by atoms with Gasteiger partial charge in [0.15, 0.2) is 11.5 Å². The average molecular weight is 367 g/mol. The maximum Gasteiger partial charge on any atom is 0.294 e. The normalized spacial score (nSPS) is 17.0. The molecule has 1 unspecified atom stereocenters. The number of ketones is 1. The van der Waals surface area contributed by atoms with Gasteiger partial charge in [-0.05, 0) is 42.0 Å². The number of methoxy groups -OCH3 is 1. The molecule has 1 aliphatic rings. The molecule has 6 heteroatoms. The second-order valence-electron chi connectivity index (χ2n) is 6.65. The molecule has 3 rings (SSSR count). The fraction of sp³-hybridized carbons (Fsp3) is 0.238. The van der Waals surface area contributed by atoms with Crippen LogP contribution in [0.15, 0.2) is 59.9 Å². The number of amides is 1. The number of phenols is 1. The van der Waals surface area contributed by atoms with Gasteiger partial charge in [0.25, 0.3) is 5.91 Å². The van der Waals surface area contributed by atoms with Crippen LogP contribution in [0.25, 0.3) is 0 Å². The van der Waals surface area contributed by atoms with Gasteiger partial charge >= 0.3 is 0 Å². The monoisotopic (exact) mass is 367 g/mol. The minimum atomic E-state index is -0.776. The minimum absolute atomic E-state index is 0.0662. The number of aliphatic hydroxyl groups excluding tert-OH is 1. The standard InChI is InChI=1S/C21H21NO5/c1-12(2)19(24)17-18(13-4-8-15(23)9-5-13)22(21(26)20(17)25)14-6-10-16(27-3)11-7-14/h4-12,18,23,25H,1-3H3. The molecule has 0 aromatic heterocycles. The van der Waals surface area contributed by atoms with Gasteiger partial charge < -0.3 is 14.9 Å². The second-order valence-corrected chi connectivity index (χ2v) is 6.65. The molecule has 2 N–H and O–H groups in total. The Morgan fingerprint density at radius 2 is 1.63 bits per heavy atom. The van der Waals surface area contributed by atoms with E-state index in [-0.39, 0.29) is 23.0 Å². The number of hydrogen-bond acceptors (Lipinski definition) is 5. The highest BCUT2D eigenvalue weighted by Crippen LogP contribution is 2.42. The molecule has 0 radical (unpaired) electrons. The summed E-state index contributed by atoms with van der Waals surface area (Å²) in [7, 11) is 1.54. The number of rotatable bonds is 5. The van der Waals surface area contributed by atoms with Crippen LogP contribution in [0.4, 0.5) is 5.69 Å². The molecule has 2 aromatic rings. The van der Waals surface area contributed by atoms with Crippen molar-refractivity contribution in [1.82, 2.24) is 0 Å². The minimum Gasteiger partial charge on any atom is -0.508 e. The Balaban J connectivity index is 2.15. The third kappa shape index (κ3) is 3.26. The molecule has 0 spiro atoms. The molecule has 0 saturated carbocycles.